The Labute approximate surface area is 113 Å². The summed E-state index contributed by atoms with van der Waals surface area (Å²) in [6.07, 6.45) is 2.38. The van der Waals surface area contributed by atoms with Gasteiger partial charge in [0.25, 0.3) is 0 Å². The molecule has 0 radical (unpaired) electrons. The molecule has 0 aromatic heterocycles. The van der Waals surface area contributed by atoms with Crippen molar-refractivity contribution in [1.29, 1.82) is 0 Å². The highest BCUT2D eigenvalue weighted by Crippen LogP contribution is 2.23. The lowest BCUT2D eigenvalue weighted by atomic mass is 10.2. The second kappa shape index (κ2) is 7.80. The first-order valence-corrected chi connectivity index (χ1v) is 6.69. The van der Waals surface area contributed by atoms with E-state index in [9.17, 15) is 0 Å². The second-order valence-electron chi connectivity index (χ2n) is 4.10. The highest BCUT2D eigenvalue weighted by Gasteiger charge is 2.01. The molecule has 0 saturated heterocycles. The first-order chi connectivity index (χ1) is 8.11. The number of hydrogen-bond donors (Lipinski definition) is 1. The summed E-state index contributed by atoms with van der Waals surface area (Å²) >= 11 is 11.7. The summed E-state index contributed by atoms with van der Waals surface area (Å²) < 4.78 is 5.56. The van der Waals surface area contributed by atoms with Gasteiger partial charge in [0.15, 0.2) is 0 Å². The van der Waals surface area contributed by atoms with Gasteiger partial charge in [0.05, 0.1) is 0 Å². The van der Waals surface area contributed by atoms with Crippen LogP contribution in [-0.4, -0.2) is 19.2 Å². The zero-order valence-electron chi connectivity index (χ0n) is 10.3. The molecule has 1 N–H and O–H groups in total. The third-order valence-electron chi connectivity index (χ3n) is 2.42. The van der Waals surface area contributed by atoms with Crippen molar-refractivity contribution in [3.8, 4) is 5.75 Å². The Morgan fingerprint density at radius 1 is 1.24 bits per heavy atom. The highest BCUT2D eigenvalue weighted by molar-refractivity contribution is 6.34. The Morgan fingerprint density at radius 2 is 1.88 bits per heavy atom. The van der Waals surface area contributed by atoms with E-state index < -0.39 is 0 Å². The van der Waals surface area contributed by atoms with E-state index in [4.69, 9.17) is 27.9 Å². The molecule has 1 atom stereocenters. The molecule has 4 heteroatoms. The largest absolute Gasteiger partial charge is 0.492 e. The van der Waals surface area contributed by atoms with Gasteiger partial charge >= 0.3 is 0 Å². The predicted octanol–water partition coefficient (Wildman–Crippen LogP) is 4.15. The summed E-state index contributed by atoms with van der Waals surface area (Å²) in [7, 11) is 0. The van der Waals surface area contributed by atoms with Gasteiger partial charge in [-0.1, -0.05) is 36.5 Å². The number of rotatable bonds is 7. The van der Waals surface area contributed by atoms with Gasteiger partial charge in [0, 0.05) is 22.6 Å². The van der Waals surface area contributed by atoms with Gasteiger partial charge in [-0.05, 0) is 31.5 Å². The van der Waals surface area contributed by atoms with Gasteiger partial charge in [0.1, 0.15) is 12.4 Å². The van der Waals surface area contributed by atoms with Crippen LogP contribution in [0.3, 0.4) is 0 Å². The summed E-state index contributed by atoms with van der Waals surface area (Å²) in [6.45, 7) is 5.80. The molecule has 0 spiro atoms. The van der Waals surface area contributed by atoms with Crippen molar-refractivity contribution in [3.05, 3.63) is 28.2 Å². The Morgan fingerprint density at radius 3 is 2.47 bits per heavy atom. The van der Waals surface area contributed by atoms with Crippen molar-refractivity contribution in [2.45, 2.75) is 32.7 Å². The standard InChI is InChI=1S/C13H19Cl2NO/c1-3-4-10(2)16-5-6-17-13-8-11(14)7-12(15)9-13/h7-10,16H,3-6H2,1-2H3. The normalized spacial score (nSPS) is 12.5. The fraction of sp³-hybridized carbons (Fsp3) is 0.538. The first kappa shape index (κ1) is 14.6. The monoisotopic (exact) mass is 275 g/mol. The van der Waals surface area contributed by atoms with E-state index in [2.05, 4.69) is 19.2 Å². The van der Waals surface area contributed by atoms with Gasteiger partial charge in [-0.2, -0.15) is 0 Å². The molecule has 0 fully saturated rings. The maximum Gasteiger partial charge on any atom is 0.122 e. The summed E-state index contributed by atoms with van der Waals surface area (Å²) in [6, 6.07) is 5.76. The van der Waals surface area contributed by atoms with E-state index in [0.29, 0.717) is 28.4 Å². The van der Waals surface area contributed by atoms with Crippen LogP contribution >= 0.6 is 23.2 Å². The lowest BCUT2D eigenvalue weighted by Crippen LogP contribution is -2.29. The number of benzene rings is 1. The fourth-order valence-corrected chi connectivity index (χ4v) is 2.13. The second-order valence-corrected chi connectivity index (χ2v) is 4.97. The number of hydrogen-bond acceptors (Lipinski definition) is 2. The summed E-state index contributed by atoms with van der Waals surface area (Å²) in [5, 5.41) is 4.59. The SMILES string of the molecule is CCCC(C)NCCOc1cc(Cl)cc(Cl)c1. The van der Waals surface area contributed by atoms with Crippen molar-refractivity contribution in [1.82, 2.24) is 5.32 Å². The molecule has 96 valence electrons. The molecule has 0 aliphatic heterocycles. The minimum Gasteiger partial charge on any atom is -0.492 e. The summed E-state index contributed by atoms with van der Waals surface area (Å²) in [5.41, 5.74) is 0. The van der Waals surface area contributed by atoms with Crippen LogP contribution in [-0.2, 0) is 0 Å². The van der Waals surface area contributed by atoms with Crippen LogP contribution < -0.4 is 10.1 Å². The van der Waals surface area contributed by atoms with E-state index in [-0.39, 0.29) is 0 Å². The van der Waals surface area contributed by atoms with Crippen molar-refractivity contribution < 1.29 is 4.74 Å². The summed E-state index contributed by atoms with van der Waals surface area (Å²) in [4.78, 5) is 0. The van der Waals surface area contributed by atoms with Crippen molar-refractivity contribution in [3.63, 3.8) is 0 Å². The zero-order valence-corrected chi connectivity index (χ0v) is 11.8. The minimum atomic E-state index is 0.534. The first-order valence-electron chi connectivity index (χ1n) is 5.94. The van der Waals surface area contributed by atoms with Gasteiger partial charge in [-0.25, -0.2) is 0 Å². The average molecular weight is 276 g/mol. The lowest BCUT2D eigenvalue weighted by molar-refractivity contribution is 0.305. The average Bonchev–Trinajstić information content (AvgIpc) is 2.23. The molecule has 1 rings (SSSR count). The molecular weight excluding hydrogens is 257 g/mol. The third kappa shape index (κ3) is 6.16. The van der Waals surface area contributed by atoms with E-state index in [1.165, 1.54) is 12.8 Å². The maximum atomic E-state index is 5.87. The van der Waals surface area contributed by atoms with Crippen LogP contribution in [0.25, 0.3) is 0 Å². The van der Waals surface area contributed by atoms with Crippen LogP contribution in [0, 0.1) is 0 Å². The highest BCUT2D eigenvalue weighted by atomic mass is 35.5. The van der Waals surface area contributed by atoms with E-state index in [1.54, 1.807) is 18.2 Å². The molecule has 0 heterocycles. The maximum absolute atomic E-state index is 5.87. The van der Waals surface area contributed by atoms with Gasteiger partial charge in [-0.3, -0.25) is 0 Å². The Kier molecular flexibility index (Phi) is 6.71. The molecular formula is C13H19Cl2NO. The Bertz CT molecular complexity index is 324. The lowest BCUT2D eigenvalue weighted by Gasteiger charge is -2.13. The van der Waals surface area contributed by atoms with E-state index in [0.717, 1.165) is 6.54 Å². The smallest absolute Gasteiger partial charge is 0.122 e. The molecule has 1 aromatic carbocycles. The molecule has 0 amide bonds. The van der Waals surface area contributed by atoms with Crippen LogP contribution in [0.2, 0.25) is 10.0 Å². The molecule has 1 unspecified atom stereocenters. The van der Waals surface area contributed by atoms with E-state index in [1.807, 2.05) is 0 Å². The number of nitrogens with one attached hydrogen (secondary N) is 1. The minimum absolute atomic E-state index is 0.534. The van der Waals surface area contributed by atoms with Crippen molar-refractivity contribution >= 4 is 23.2 Å². The molecule has 0 aliphatic rings. The third-order valence-corrected chi connectivity index (χ3v) is 2.86. The topological polar surface area (TPSA) is 21.3 Å². The Balaban J connectivity index is 2.26. The fourth-order valence-electron chi connectivity index (χ4n) is 1.62. The van der Waals surface area contributed by atoms with Crippen LogP contribution in [0.4, 0.5) is 0 Å². The van der Waals surface area contributed by atoms with Crippen LogP contribution in [0.15, 0.2) is 18.2 Å². The molecule has 0 aliphatic carbocycles. The van der Waals surface area contributed by atoms with Gasteiger partial charge in [0.2, 0.25) is 0 Å². The van der Waals surface area contributed by atoms with Gasteiger partial charge in [-0.15, -0.1) is 0 Å². The number of halogens is 2. The van der Waals surface area contributed by atoms with E-state index >= 15 is 0 Å². The Hall–Kier alpha value is -0.440. The van der Waals surface area contributed by atoms with Gasteiger partial charge < -0.3 is 10.1 Å². The molecule has 2 nitrogen and oxygen atoms in total. The predicted molar refractivity (Wildman–Crippen MR) is 74.3 cm³/mol. The molecule has 1 aromatic rings. The van der Waals surface area contributed by atoms with Crippen LogP contribution in [0.5, 0.6) is 5.75 Å². The zero-order chi connectivity index (χ0) is 12.7. The van der Waals surface area contributed by atoms with Crippen molar-refractivity contribution in [2.24, 2.45) is 0 Å². The quantitative estimate of drug-likeness (QED) is 0.755. The van der Waals surface area contributed by atoms with Crippen molar-refractivity contribution in [2.75, 3.05) is 13.2 Å². The molecule has 0 bridgehead atoms. The van der Waals surface area contributed by atoms with Crippen LogP contribution in [0.1, 0.15) is 26.7 Å². The summed E-state index contributed by atoms with van der Waals surface area (Å²) in [5.74, 6) is 0.715. The molecule has 0 saturated carbocycles. The molecule has 17 heavy (non-hydrogen) atoms. The number of ether oxygens (including phenoxy) is 1.